The standard InChI is InChI=1S/C17H22N4O3/c1-11-4-5-12(2)15(10-11)21-16(23)7-6-14(20-21)17(24)19-9-8-18-13(3)22/h4-5,10H,6-9H2,1-3H3,(H,18,22)(H,19,24). The lowest BCUT2D eigenvalue weighted by atomic mass is 10.1. The minimum atomic E-state index is -0.317. The molecule has 2 N–H and O–H groups in total. The molecule has 0 unspecified atom stereocenters. The molecule has 0 spiro atoms. The van der Waals surface area contributed by atoms with E-state index in [2.05, 4.69) is 15.7 Å². The normalized spacial score (nSPS) is 14.2. The van der Waals surface area contributed by atoms with E-state index in [-0.39, 0.29) is 24.1 Å². The van der Waals surface area contributed by atoms with Gasteiger partial charge >= 0.3 is 0 Å². The van der Waals surface area contributed by atoms with Crippen LogP contribution in [0.15, 0.2) is 23.3 Å². The summed E-state index contributed by atoms with van der Waals surface area (Å²) in [4.78, 5) is 35.2. The van der Waals surface area contributed by atoms with Crippen LogP contribution in [0.5, 0.6) is 0 Å². The van der Waals surface area contributed by atoms with E-state index in [0.717, 1.165) is 11.1 Å². The average molecular weight is 330 g/mol. The van der Waals surface area contributed by atoms with Crippen LogP contribution in [-0.4, -0.2) is 36.5 Å². The fraction of sp³-hybridized carbons (Fsp3) is 0.412. The van der Waals surface area contributed by atoms with Gasteiger partial charge in [-0.1, -0.05) is 12.1 Å². The summed E-state index contributed by atoms with van der Waals surface area (Å²) in [6.45, 7) is 5.93. The molecule has 3 amide bonds. The van der Waals surface area contributed by atoms with E-state index in [1.165, 1.54) is 11.9 Å². The van der Waals surface area contributed by atoms with Crippen LogP contribution in [-0.2, 0) is 14.4 Å². The van der Waals surface area contributed by atoms with Crippen LogP contribution in [0.4, 0.5) is 5.69 Å². The van der Waals surface area contributed by atoms with Crippen molar-refractivity contribution in [2.24, 2.45) is 5.10 Å². The summed E-state index contributed by atoms with van der Waals surface area (Å²) in [5.74, 6) is -0.590. The number of carbonyl (C=O) groups excluding carboxylic acids is 3. The highest BCUT2D eigenvalue weighted by molar-refractivity contribution is 6.40. The van der Waals surface area contributed by atoms with E-state index >= 15 is 0 Å². The van der Waals surface area contributed by atoms with Gasteiger partial charge in [-0.25, -0.2) is 5.01 Å². The highest BCUT2D eigenvalue weighted by atomic mass is 16.2. The second kappa shape index (κ2) is 7.72. The predicted molar refractivity (Wildman–Crippen MR) is 91.8 cm³/mol. The first-order valence-electron chi connectivity index (χ1n) is 7.89. The van der Waals surface area contributed by atoms with Crippen LogP contribution < -0.4 is 15.6 Å². The molecule has 0 aliphatic carbocycles. The minimum Gasteiger partial charge on any atom is -0.355 e. The third-order valence-electron chi connectivity index (χ3n) is 3.67. The summed E-state index contributed by atoms with van der Waals surface area (Å²) < 4.78 is 0. The quantitative estimate of drug-likeness (QED) is 0.790. The highest BCUT2D eigenvalue weighted by Gasteiger charge is 2.26. The monoisotopic (exact) mass is 330 g/mol. The number of hydrazone groups is 1. The number of nitrogens with one attached hydrogen (secondary N) is 2. The fourth-order valence-electron chi connectivity index (χ4n) is 2.37. The smallest absolute Gasteiger partial charge is 0.267 e. The topological polar surface area (TPSA) is 90.9 Å². The van der Waals surface area contributed by atoms with Gasteiger partial charge in [-0.15, -0.1) is 0 Å². The molecule has 1 aliphatic rings. The number of rotatable bonds is 5. The Bertz CT molecular complexity index is 697. The predicted octanol–water partition coefficient (Wildman–Crippen LogP) is 1.04. The van der Waals surface area contributed by atoms with Crippen molar-refractivity contribution in [3.8, 4) is 0 Å². The minimum absolute atomic E-state index is 0.126. The van der Waals surface area contributed by atoms with Gasteiger partial charge < -0.3 is 10.6 Å². The number of nitrogens with zero attached hydrogens (tertiary/aromatic N) is 2. The van der Waals surface area contributed by atoms with Crippen LogP contribution >= 0.6 is 0 Å². The van der Waals surface area contributed by atoms with Crippen LogP contribution in [0.25, 0.3) is 0 Å². The first-order valence-corrected chi connectivity index (χ1v) is 7.89. The molecule has 24 heavy (non-hydrogen) atoms. The lowest BCUT2D eigenvalue weighted by Gasteiger charge is -2.24. The molecule has 1 aliphatic heterocycles. The Kier molecular flexibility index (Phi) is 5.68. The van der Waals surface area contributed by atoms with Gasteiger partial charge in [-0.3, -0.25) is 14.4 Å². The molecule has 2 rings (SSSR count). The Morgan fingerprint density at radius 1 is 1.17 bits per heavy atom. The molecule has 0 saturated heterocycles. The average Bonchev–Trinajstić information content (AvgIpc) is 2.54. The third kappa shape index (κ3) is 4.41. The number of hydrogen-bond donors (Lipinski definition) is 2. The maximum absolute atomic E-state index is 12.2. The van der Waals surface area contributed by atoms with Crippen molar-refractivity contribution in [2.75, 3.05) is 18.1 Å². The third-order valence-corrected chi connectivity index (χ3v) is 3.67. The van der Waals surface area contributed by atoms with E-state index in [1.54, 1.807) is 0 Å². The molecule has 1 heterocycles. The second-order valence-electron chi connectivity index (χ2n) is 5.78. The van der Waals surface area contributed by atoms with Crippen LogP contribution in [0, 0.1) is 13.8 Å². The second-order valence-corrected chi connectivity index (χ2v) is 5.78. The summed E-state index contributed by atoms with van der Waals surface area (Å²) in [5.41, 5.74) is 2.96. The largest absolute Gasteiger partial charge is 0.355 e. The number of anilines is 1. The van der Waals surface area contributed by atoms with Gasteiger partial charge in [0, 0.05) is 32.9 Å². The van der Waals surface area contributed by atoms with E-state index in [0.29, 0.717) is 30.9 Å². The van der Waals surface area contributed by atoms with Crippen molar-refractivity contribution in [1.82, 2.24) is 10.6 Å². The maximum Gasteiger partial charge on any atom is 0.267 e. The molecule has 0 saturated carbocycles. The Balaban J connectivity index is 2.11. The van der Waals surface area contributed by atoms with Crippen molar-refractivity contribution < 1.29 is 14.4 Å². The van der Waals surface area contributed by atoms with Crippen molar-refractivity contribution in [2.45, 2.75) is 33.6 Å². The highest BCUT2D eigenvalue weighted by Crippen LogP contribution is 2.25. The van der Waals surface area contributed by atoms with Crippen molar-refractivity contribution in [1.29, 1.82) is 0 Å². The molecule has 0 fully saturated rings. The molecule has 7 nitrogen and oxygen atoms in total. The van der Waals surface area contributed by atoms with Crippen LogP contribution in [0.2, 0.25) is 0 Å². The molecule has 0 radical (unpaired) electrons. The molecule has 0 bridgehead atoms. The summed E-state index contributed by atoms with van der Waals surface area (Å²) in [6.07, 6.45) is 0.553. The number of aryl methyl sites for hydroxylation is 2. The zero-order valence-corrected chi connectivity index (χ0v) is 14.2. The van der Waals surface area contributed by atoms with E-state index in [1.807, 2.05) is 32.0 Å². The lowest BCUT2D eigenvalue weighted by molar-refractivity contribution is -0.120. The Morgan fingerprint density at radius 3 is 2.58 bits per heavy atom. The van der Waals surface area contributed by atoms with E-state index < -0.39 is 0 Å². The first-order chi connectivity index (χ1) is 11.4. The summed E-state index contributed by atoms with van der Waals surface area (Å²) in [6, 6.07) is 5.77. The summed E-state index contributed by atoms with van der Waals surface area (Å²) >= 11 is 0. The zero-order valence-electron chi connectivity index (χ0n) is 14.2. The van der Waals surface area contributed by atoms with Crippen LogP contribution in [0.1, 0.15) is 30.9 Å². The van der Waals surface area contributed by atoms with Gasteiger partial charge in [-0.2, -0.15) is 5.10 Å². The molecule has 128 valence electrons. The fourth-order valence-corrected chi connectivity index (χ4v) is 2.37. The molecule has 1 aromatic rings. The van der Waals surface area contributed by atoms with Gasteiger partial charge in [-0.05, 0) is 31.0 Å². The van der Waals surface area contributed by atoms with E-state index in [4.69, 9.17) is 0 Å². The molecule has 7 heteroatoms. The molecular formula is C17H22N4O3. The maximum atomic E-state index is 12.2. The Labute approximate surface area is 141 Å². The van der Waals surface area contributed by atoms with Gasteiger partial charge in [0.2, 0.25) is 11.8 Å². The molecule has 1 aromatic carbocycles. The number of carbonyl (C=O) groups is 3. The van der Waals surface area contributed by atoms with Crippen molar-refractivity contribution >= 4 is 29.1 Å². The number of hydrogen-bond acceptors (Lipinski definition) is 4. The summed E-state index contributed by atoms with van der Waals surface area (Å²) in [5, 5.41) is 10.9. The van der Waals surface area contributed by atoms with Crippen molar-refractivity contribution in [3.05, 3.63) is 29.3 Å². The summed E-state index contributed by atoms with van der Waals surface area (Å²) in [7, 11) is 0. The molecular weight excluding hydrogens is 308 g/mol. The van der Waals surface area contributed by atoms with Crippen LogP contribution in [0.3, 0.4) is 0 Å². The number of amides is 3. The Morgan fingerprint density at radius 2 is 1.88 bits per heavy atom. The first kappa shape index (κ1) is 17.7. The molecule has 0 aromatic heterocycles. The van der Waals surface area contributed by atoms with Gasteiger partial charge in [0.25, 0.3) is 5.91 Å². The van der Waals surface area contributed by atoms with Crippen molar-refractivity contribution in [3.63, 3.8) is 0 Å². The van der Waals surface area contributed by atoms with E-state index in [9.17, 15) is 14.4 Å². The number of benzene rings is 1. The SMILES string of the molecule is CC(=O)NCCNC(=O)C1=NN(c2cc(C)ccc2C)C(=O)CC1. The van der Waals surface area contributed by atoms with Gasteiger partial charge in [0.15, 0.2) is 0 Å². The lowest BCUT2D eigenvalue weighted by Crippen LogP contribution is -2.41. The molecule has 0 atom stereocenters. The van der Waals surface area contributed by atoms with Gasteiger partial charge in [0.1, 0.15) is 5.71 Å². The van der Waals surface area contributed by atoms with Gasteiger partial charge in [0.05, 0.1) is 5.69 Å². The Hall–Kier alpha value is -2.70. The zero-order chi connectivity index (χ0) is 17.7.